The number of hydrogen-bond acceptors (Lipinski definition) is 3. The van der Waals surface area contributed by atoms with E-state index < -0.39 is 17.6 Å². The summed E-state index contributed by atoms with van der Waals surface area (Å²) in [6, 6.07) is 0. The van der Waals surface area contributed by atoms with Gasteiger partial charge in [0.05, 0.1) is 5.60 Å². The Morgan fingerprint density at radius 3 is 2.15 bits per heavy atom. The Morgan fingerprint density at radius 2 is 1.92 bits per heavy atom. The fraction of sp³-hybridized carbons (Fsp3) is 0.889. The summed E-state index contributed by atoms with van der Waals surface area (Å²) in [6.07, 6.45) is 1.01. The number of carbonyl (C=O) groups excluding carboxylic acids is 1. The fourth-order valence-electron chi connectivity index (χ4n) is 1.19. The van der Waals surface area contributed by atoms with Crippen LogP contribution < -0.4 is 11.5 Å². The minimum absolute atomic E-state index is 0.394. The van der Waals surface area contributed by atoms with Crippen LogP contribution in [0.1, 0.15) is 33.6 Å². The highest BCUT2D eigenvalue weighted by atomic mass is 16.5. The van der Waals surface area contributed by atoms with Crippen LogP contribution in [0.3, 0.4) is 0 Å². The molecule has 0 spiro atoms. The number of primary amides is 1. The minimum Gasteiger partial charge on any atom is -0.367 e. The molecule has 0 saturated heterocycles. The van der Waals surface area contributed by atoms with Crippen LogP contribution in [0.4, 0.5) is 0 Å². The molecule has 1 amide bonds. The first-order chi connectivity index (χ1) is 6.01. The maximum atomic E-state index is 10.8. The Kier molecular flexibility index (Phi) is 4.95. The van der Waals surface area contributed by atoms with Gasteiger partial charge < -0.3 is 16.2 Å². The highest BCUT2D eigenvalue weighted by Gasteiger charge is 2.29. The molecule has 0 rings (SSSR count). The molecule has 0 aliphatic carbocycles. The summed E-state index contributed by atoms with van der Waals surface area (Å²) >= 11 is 0. The molecule has 0 aliphatic heterocycles. The number of ether oxygens (including phenoxy) is 1. The molecule has 0 heterocycles. The first kappa shape index (κ1) is 12.4. The maximum absolute atomic E-state index is 10.8. The Labute approximate surface area is 79.6 Å². The summed E-state index contributed by atoms with van der Waals surface area (Å²) in [5, 5.41) is 0. The van der Waals surface area contributed by atoms with Crippen molar-refractivity contribution in [2.75, 3.05) is 6.54 Å². The molecule has 0 bridgehead atoms. The number of rotatable bonds is 6. The summed E-state index contributed by atoms with van der Waals surface area (Å²) in [5.41, 5.74) is 10.3. The molecule has 0 radical (unpaired) electrons. The molecule has 0 aromatic heterocycles. The molecule has 0 aliphatic rings. The second kappa shape index (κ2) is 5.19. The third-order valence-corrected chi connectivity index (χ3v) is 2.49. The van der Waals surface area contributed by atoms with Crippen LogP contribution in [-0.2, 0) is 9.53 Å². The summed E-state index contributed by atoms with van der Waals surface area (Å²) in [4.78, 5) is 10.8. The molecule has 0 aromatic rings. The normalized spacial score (nSPS) is 14.2. The van der Waals surface area contributed by atoms with Gasteiger partial charge in [-0.05, 0) is 19.8 Å². The molecule has 0 fully saturated rings. The van der Waals surface area contributed by atoms with Crippen LogP contribution in [0.2, 0.25) is 0 Å². The lowest BCUT2D eigenvalue weighted by atomic mass is 9.97. The number of amides is 1. The van der Waals surface area contributed by atoms with Gasteiger partial charge in [0.15, 0.2) is 0 Å². The molecule has 0 aromatic carbocycles. The molecular weight excluding hydrogens is 168 g/mol. The standard InChI is InChI=1S/C9H20N2O2/c1-4-9(5-2,6-10)13-7(3)8(11)12/h7H,4-6,10H2,1-3H3,(H2,11,12). The van der Waals surface area contributed by atoms with Crippen molar-refractivity contribution >= 4 is 5.91 Å². The van der Waals surface area contributed by atoms with Gasteiger partial charge in [0, 0.05) is 6.54 Å². The predicted octanol–water partition coefficient (Wildman–Crippen LogP) is 0.394. The lowest BCUT2D eigenvalue weighted by Crippen LogP contribution is -2.45. The average Bonchev–Trinajstić information content (AvgIpc) is 2.14. The van der Waals surface area contributed by atoms with Crippen LogP contribution in [-0.4, -0.2) is 24.2 Å². The van der Waals surface area contributed by atoms with E-state index in [0.29, 0.717) is 6.54 Å². The molecule has 1 unspecified atom stereocenters. The third kappa shape index (κ3) is 3.32. The van der Waals surface area contributed by atoms with Crippen molar-refractivity contribution in [1.82, 2.24) is 0 Å². The molecule has 0 saturated carbocycles. The second-order valence-corrected chi connectivity index (χ2v) is 3.26. The first-order valence-electron chi connectivity index (χ1n) is 4.68. The zero-order valence-corrected chi connectivity index (χ0v) is 8.67. The third-order valence-electron chi connectivity index (χ3n) is 2.49. The van der Waals surface area contributed by atoms with E-state index in [1.165, 1.54) is 0 Å². The van der Waals surface area contributed by atoms with Crippen molar-refractivity contribution in [3.05, 3.63) is 0 Å². The Bertz CT molecular complexity index is 159. The van der Waals surface area contributed by atoms with E-state index in [1.807, 2.05) is 13.8 Å². The molecule has 78 valence electrons. The molecule has 1 atom stereocenters. The highest BCUT2D eigenvalue weighted by molar-refractivity contribution is 5.78. The van der Waals surface area contributed by atoms with Gasteiger partial charge >= 0.3 is 0 Å². The van der Waals surface area contributed by atoms with Gasteiger partial charge in [-0.3, -0.25) is 4.79 Å². The minimum atomic E-state index is -0.566. The Balaban J connectivity index is 4.32. The Morgan fingerprint density at radius 1 is 1.46 bits per heavy atom. The van der Waals surface area contributed by atoms with Crippen LogP contribution in [0.25, 0.3) is 0 Å². The molecule has 13 heavy (non-hydrogen) atoms. The SMILES string of the molecule is CCC(CC)(CN)OC(C)C(N)=O. The van der Waals surface area contributed by atoms with Crippen molar-refractivity contribution in [3.8, 4) is 0 Å². The van der Waals surface area contributed by atoms with E-state index in [-0.39, 0.29) is 0 Å². The summed E-state index contributed by atoms with van der Waals surface area (Å²) in [6.45, 7) is 6.05. The lowest BCUT2D eigenvalue weighted by Gasteiger charge is -2.32. The van der Waals surface area contributed by atoms with E-state index in [9.17, 15) is 4.79 Å². The van der Waals surface area contributed by atoms with Crippen LogP contribution in [0.15, 0.2) is 0 Å². The number of hydrogen-bond donors (Lipinski definition) is 2. The smallest absolute Gasteiger partial charge is 0.246 e. The topological polar surface area (TPSA) is 78.3 Å². The van der Waals surface area contributed by atoms with Crippen molar-refractivity contribution in [2.45, 2.75) is 45.3 Å². The van der Waals surface area contributed by atoms with Crippen molar-refractivity contribution in [3.63, 3.8) is 0 Å². The van der Waals surface area contributed by atoms with Gasteiger partial charge in [0.1, 0.15) is 6.10 Å². The van der Waals surface area contributed by atoms with Gasteiger partial charge in [-0.15, -0.1) is 0 Å². The summed E-state index contributed by atoms with van der Waals surface area (Å²) in [7, 11) is 0. The van der Waals surface area contributed by atoms with Crippen LogP contribution in [0.5, 0.6) is 0 Å². The van der Waals surface area contributed by atoms with Gasteiger partial charge in [-0.25, -0.2) is 0 Å². The molecule has 4 nitrogen and oxygen atoms in total. The van der Waals surface area contributed by atoms with Crippen LogP contribution >= 0.6 is 0 Å². The number of carbonyl (C=O) groups is 1. The van der Waals surface area contributed by atoms with Crippen molar-refractivity contribution in [2.24, 2.45) is 11.5 Å². The number of nitrogens with two attached hydrogens (primary N) is 2. The largest absolute Gasteiger partial charge is 0.367 e. The van der Waals surface area contributed by atoms with E-state index in [1.54, 1.807) is 6.92 Å². The van der Waals surface area contributed by atoms with E-state index >= 15 is 0 Å². The van der Waals surface area contributed by atoms with E-state index in [4.69, 9.17) is 16.2 Å². The van der Waals surface area contributed by atoms with Gasteiger partial charge in [0.2, 0.25) is 5.91 Å². The van der Waals surface area contributed by atoms with Gasteiger partial charge in [0.25, 0.3) is 0 Å². The first-order valence-corrected chi connectivity index (χ1v) is 4.68. The van der Waals surface area contributed by atoms with Crippen molar-refractivity contribution < 1.29 is 9.53 Å². The maximum Gasteiger partial charge on any atom is 0.246 e. The molecule has 4 heteroatoms. The highest BCUT2D eigenvalue weighted by Crippen LogP contribution is 2.20. The average molecular weight is 188 g/mol. The van der Waals surface area contributed by atoms with Crippen LogP contribution in [0, 0.1) is 0 Å². The lowest BCUT2D eigenvalue weighted by molar-refractivity contribution is -0.142. The molecule has 4 N–H and O–H groups in total. The second-order valence-electron chi connectivity index (χ2n) is 3.26. The fourth-order valence-corrected chi connectivity index (χ4v) is 1.19. The quantitative estimate of drug-likeness (QED) is 0.633. The Hall–Kier alpha value is -0.610. The van der Waals surface area contributed by atoms with Gasteiger partial charge in [-0.1, -0.05) is 13.8 Å². The van der Waals surface area contributed by atoms with Gasteiger partial charge in [-0.2, -0.15) is 0 Å². The van der Waals surface area contributed by atoms with E-state index in [2.05, 4.69) is 0 Å². The summed E-state index contributed by atoms with van der Waals surface area (Å²) in [5.74, 6) is -0.445. The predicted molar refractivity (Wildman–Crippen MR) is 52.1 cm³/mol. The van der Waals surface area contributed by atoms with Crippen molar-refractivity contribution in [1.29, 1.82) is 0 Å². The molecular formula is C9H20N2O2. The monoisotopic (exact) mass is 188 g/mol. The summed E-state index contributed by atoms with van der Waals surface area (Å²) < 4.78 is 5.55. The van der Waals surface area contributed by atoms with E-state index in [0.717, 1.165) is 12.8 Å². The zero-order chi connectivity index (χ0) is 10.5. The zero-order valence-electron chi connectivity index (χ0n) is 8.67.